The van der Waals surface area contributed by atoms with Crippen molar-refractivity contribution in [3.05, 3.63) is 45.9 Å². The first-order chi connectivity index (χ1) is 6.74. The highest BCUT2D eigenvalue weighted by Gasteiger charge is 1.98. The molecule has 0 bridgehead atoms. The molecule has 0 unspecified atom stereocenters. The zero-order valence-electron chi connectivity index (χ0n) is 7.19. The third-order valence-electron chi connectivity index (χ3n) is 1.74. The van der Waals surface area contributed by atoms with E-state index >= 15 is 0 Å². The molecule has 0 spiro atoms. The molecule has 0 radical (unpaired) electrons. The molecule has 0 atom stereocenters. The molecule has 0 aliphatic rings. The van der Waals surface area contributed by atoms with Gasteiger partial charge in [-0.15, -0.1) is 0 Å². The van der Waals surface area contributed by atoms with Crippen LogP contribution in [0.3, 0.4) is 0 Å². The summed E-state index contributed by atoms with van der Waals surface area (Å²) >= 11 is 9.10. The maximum absolute atomic E-state index is 5.77. The predicted octanol–water partition coefficient (Wildman–Crippen LogP) is 2.74. The van der Waals surface area contributed by atoms with Crippen molar-refractivity contribution in [3.63, 3.8) is 0 Å². The topological polar surface area (TPSA) is 30.7 Å². The Morgan fingerprint density at radius 2 is 2.36 bits per heavy atom. The van der Waals surface area contributed by atoms with E-state index in [1.807, 2.05) is 23.0 Å². The van der Waals surface area contributed by atoms with Gasteiger partial charge < -0.3 is 0 Å². The molecule has 0 saturated carbocycles. The van der Waals surface area contributed by atoms with Gasteiger partial charge in [0.15, 0.2) is 0 Å². The van der Waals surface area contributed by atoms with Gasteiger partial charge in [-0.05, 0) is 33.6 Å². The molecular weight excluding hydrogens is 265 g/mol. The predicted molar refractivity (Wildman–Crippen MR) is 58.3 cm³/mol. The Bertz CT molecular complexity index is 441. The number of rotatable bonds is 2. The van der Waals surface area contributed by atoms with Crippen molar-refractivity contribution < 1.29 is 0 Å². The van der Waals surface area contributed by atoms with Gasteiger partial charge in [0.2, 0.25) is 0 Å². The van der Waals surface area contributed by atoms with E-state index in [-0.39, 0.29) is 0 Å². The Morgan fingerprint density at radius 3 is 3.00 bits per heavy atom. The molecule has 72 valence electrons. The smallest absolute Gasteiger partial charge is 0.129 e. The summed E-state index contributed by atoms with van der Waals surface area (Å²) in [5, 5.41) is 4.66. The Balaban J connectivity index is 2.18. The molecule has 0 fully saturated rings. The largest absolute Gasteiger partial charge is 0.267 e. The van der Waals surface area contributed by atoms with Crippen molar-refractivity contribution in [1.29, 1.82) is 0 Å². The Labute approximate surface area is 94.9 Å². The van der Waals surface area contributed by atoms with Crippen LogP contribution in [-0.2, 0) is 6.54 Å². The molecule has 0 aliphatic heterocycles. The van der Waals surface area contributed by atoms with Crippen LogP contribution in [0.5, 0.6) is 0 Å². The number of halogens is 2. The monoisotopic (exact) mass is 271 g/mol. The van der Waals surface area contributed by atoms with Gasteiger partial charge in [-0.1, -0.05) is 11.6 Å². The molecule has 2 heterocycles. The fourth-order valence-corrected chi connectivity index (χ4v) is 1.68. The SMILES string of the molecule is Clc1cc(Cn2cc(Br)cn2)ccn1. The van der Waals surface area contributed by atoms with Crippen LogP contribution in [0.4, 0.5) is 0 Å². The molecular formula is C9H7BrClN3. The van der Waals surface area contributed by atoms with Gasteiger partial charge in [-0.2, -0.15) is 5.10 Å². The van der Waals surface area contributed by atoms with Crippen LogP contribution in [-0.4, -0.2) is 14.8 Å². The number of hydrogen-bond donors (Lipinski definition) is 0. The number of hydrogen-bond acceptors (Lipinski definition) is 2. The van der Waals surface area contributed by atoms with Crippen molar-refractivity contribution in [2.24, 2.45) is 0 Å². The zero-order chi connectivity index (χ0) is 9.97. The standard InChI is InChI=1S/C9H7BrClN3/c10-8-4-13-14(6-8)5-7-1-2-12-9(11)3-7/h1-4,6H,5H2. The van der Waals surface area contributed by atoms with E-state index in [0.717, 1.165) is 10.0 Å². The lowest BCUT2D eigenvalue weighted by Crippen LogP contribution is -1.99. The maximum atomic E-state index is 5.77. The summed E-state index contributed by atoms with van der Waals surface area (Å²) in [5.41, 5.74) is 1.08. The highest BCUT2D eigenvalue weighted by atomic mass is 79.9. The summed E-state index contributed by atoms with van der Waals surface area (Å²) in [6.45, 7) is 0.702. The molecule has 14 heavy (non-hydrogen) atoms. The van der Waals surface area contributed by atoms with Crippen LogP contribution in [0.1, 0.15) is 5.56 Å². The number of pyridine rings is 1. The molecule has 2 rings (SSSR count). The quantitative estimate of drug-likeness (QED) is 0.787. The van der Waals surface area contributed by atoms with E-state index in [1.165, 1.54) is 0 Å². The number of aromatic nitrogens is 3. The third kappa shape index (κ3) is 2.33. The van der Waals surface area contributed by atoms with Gasteiger partial charge in [0.25, 0.3) is 0 Å². The van der Waals surface area contributed by atoms with E-state index in [9.17, 15) is 0 Å². The second kappa shape index (κ2) is 4.11. The van der Waals surface area contributed by atoms with E-state index in [0.29, 0.717) is 11.7 Å². The third-order valence-corrected chi connectivity index (χ3v) is 2.35. The van der Waals surface area contributed by atoms with Gasteiger partial charge in [0, 0.05) is 12.4 Å². The van der Waals surface area contributed by atoms with Crippen LogP contribution in [0.15, 0.2) is 35.2 Å². The second-order valence-corrected chi connectivity index (χ2v) is 4.15. The summed E-state index contributed by atoms with van der Waals surface area (Å²) < 4.78 is 2.80. The molecule has 0 N–H and O–H groups in total. The lowest BCUT2D eigenvalue weighted by atomic mass is 10.3. The molecule has 2 aromatic heterocycles. The summed E-state index contributed by atoms with van der Waals surface area (Å²) in [5.74, 6) is 0. The molecule has 0 amide bonds. The first kappa shape index (κ1) is 9.68. The lowest BCUT2D eigenvalue weighted by Gasteiger charge is -2.01. The average molecular weight is 273 g/mol. The van der Waals surface area contributed by atoms with Crippen LogP contribution in [0, 0.1) is 0 Å². The molecule has 3 nitrogen and oxygen atoms in total. The fourth-order valence-electron chi connectivity index (χ4n) is 1.15. The fraction of sp³-hybridized carbons (Fsp3) is 0.111. The number of nitrogens with zero attached hydrogens (tertiary/aromatic N) is 3. The summed E-state index contributed by atoms with van der Waals surface area (Å²) in [6.07, 6.45) is 5.35. The van der Waals surface area contributed by atoms with E-state index in [4.69, 9.17) is 11.6 Å². The minimum Gasteiger partial charge on any atom is -0.267 e. The first-order valence-corrected chi connectivity index (χ1v) is 5.19. The van der Waals surface area contributed by atoms with Gasteiger partial charge >= 0.3 is 0 Å². The summed E-state index contributed by atoms with van der Waals surface area (Å²) in [4.78, 5) is 3.91. The van der Waals surface area contributed by atoms with Crippen molar-refractivity contribution in [2.75, 3.05) is 0 Å². The van der Waals surface area contributed by atoms with Crippen molar-refractivity contribution in [3.8, 4) is 0 Å². The molecule has 0 aliphatic carbocycles. The zero-order valence-corrected chi connectivity index (χ0v) is 9.53. The minimum absolute atomic E-state index is 0.508. The van der Waals surface area contributed by atoms with Gasteiger partial charge in [-0.25, -0.2) is 4.98 Å². The normalized spacial score (nSPS) is 10.4. The van der Waals surface area contributed by atoms with Crippen molar-refractivity contribution in [1.82, 2.24) is 14.8 Å². The minimum atomic E-state index is 0.508. The van der Waals surface area contributed by atoms with E-state index in [2.05, 4.69) is 26.0 Å². The van der Waals surface area contributed by atoms with Crippen LogP contribution in [0.2, 0.25) is 5.15 Å². The van der Waals surface area contributed by atoms with Crippen LogP contribution >= 0.6 is 27.5 Å². The maximum Gasteiger partial charge on any atom is 0.129 e. The Morgan fingerprint density at radius 1 is 1.50 bits per heavy atom. The second-order valence-electron chi connectivity index (χ2n) is 2.84. The summed E-state index contributed by atoms with van der Waals surface area (Å²) in [6, 6.07) is 3.75. The van der Waals surface area contributed by atoms with Crippen molar-refractivity contribution >= 4 is 27.5 Å². The van der Waals surface area contributed by atoms with Crippen molar-refractivity contribution in [2.45, 2.75) is 6.54 Å². The van der Waals surface area contributed by atoms with Gasteiger partial charge in [0.05, 0.1) is 17.2 Å². The van der Waals surface area contributed by atoms with E-state index < -0.39 is 0 Å². The lowest BCUT2D eigenvalue weighted by molar-refractivity contribution is 0.686. The highest BCUT2D eigenvalue weighted by molar-refractivity contribution is 9.10. The van der Waals surface area contributed by atoms with Crippen LogP contribution in [0.25, 0.3) is 0 Å². The molecule has 5 heteroatoms. The van der Waals surface area contributed by atoms with E-state index in [1.54, 1.807) is 12.4 Å². The molecule has 0 aromatic carbocycles. The van der Waals surface area contributed by atoms with Crippen LogP contribution < -0.4 is 0 Å². The Hall–Kier alpha value is -0.870. The van der Waals surface area contributed by atoms with Gasteiger partial charge in [0.1, 0.15) is 5.15 Å². The molecule has 0 saturated heterocycles. The Kier molecular flexibility index (Phi) is 2.84. The average Bonchev–Trinajstić information content (AvgIpc) is 2.51. The van der Waals surface area contributed by atoms with Gasteiger partial charge in [-0.3, -0.25) is 4.68 Å². The first-order valence-electron chi connectivity index (χ1n) is 4.02. The highest BCUT2D eigenvalue weighted by Crippen LogP contribution is 2.11. The molecule has 2 aromatic rings. The summed E-state index contributed by atoms with van der Waals surface area (Å²) in [7, 11) is 0.